The van der Waals surface area contributed by atoms with Crippen LogP contribution in [0, 0.1) is 45.3 Å². The largest absolute Gasteiger partial charge is 0.0776 e. The molecule has 2 rings (SSSR count). The summed E-state index contributed by atoms with van der Waals surface area (Å²) in [5, 5.41) is 0. The minimum atomic E-state index is 0. The zero-order chi connectivity index (χ0) is 17.8. The zero-order valence-corrected chi connectivity index (χ0v) is 21.3. The van der Waals surface area contributed by atoms with Crippen LogP contribution in [0.1, 0.15) is 109 Å². The fourth-order valence-electron chi connectivity index (χ4n) is 6.04. The number of rotatable bonds is 4. The number of fused-ring (bicyclic) bond motifs is 2. The van der Waals surface area contributed by atoms with Crippen molar-refractivity contribution in [2.45, 2.75) is 109 Å². The van der Waals surface area contributed by atoms with E-state index in [-0.39, 0.29) is 40.1 Å². The average Bonchev–Trinajstić information content (AvgIpc) is 2.94. The maximum atomic E-state index is 2.61. The van der Waals surface area contributed by atoms with Gasteiger partial charge in [-0.25, -0.2) is 0 Å². The Bertz CT molecular complexity index is 418. The van der Waals surface area contributed by atoms with Gasteiger partial charge in [0, 0.05) is 32.7 Å². The molecule has 2 aliphatic carbocycles. The molecule has 4 unspecified atom stereocenters. The SMILES string of the molecule is C.CC(C)(C)CCC(C)(C)C(C)(C)C1C2CCC(C2)C1C(C)(C)C.[Y]. The fraction of sp³-hybridized carbons (Fsp3) is 1.00. The van der Waals surface area contributed by atoms with Crippen molar-refractivity contribution in [2.75, 3.05) is 0 Å². The molecule has 1 heteroatoms. The second-order valence-electron chi connectivity index (χ2n) is 12.4. The minimum absolute atomic E-state index is 0. The normalized spacial score (nSPS) is 30.0. The summed E-state index contributed by atoms with van der Waals surface area (Å²) >= 11 is 0. The summed E-state index contributed by atoms with van der Waals surface area (Å²) in [7, 11) is 0. The van der Waals surface area contributed by atoms with Gasteiger partial charge in [-0.15, -0.1) is 0 Å². The van der Waals surface area contributed by atoms with Gasteiger partial charge in [-0.2, -0.15) is 0 Å². The van der Waals surface area contributed by atoms with E-state index in [1.807, 2.05) is 0 Å². The molecule has 0 aliphatic heterocycles. The summed E-state index contributed by atoms with van der Waals surface area (Å²) < 4.78 is 0. The predicted molar refractivity (Wildman–Crippen MR) is 110 cm³/mol. The van der Waals surface area contributed by atoms with Crippen molar-refractivity contribution in [3.63, 3.8) is 0 Å². The molecule has 1 radical (unpaired) electrons. The Hall–Kier alpha value is 1.10. The van der Waals surface area contributed by atoms with Gasteiger partial charge >= 0.3 is 0 Å². The van der Waals surface area contributed by atoms with Crippen molar-refractivity contribution < 1.29 is 32.7 Å². The molecule has 0 spiro atoms. The van der Waals surface area contributed by atoms with E-state index in [1.165, 1.54) is 32.1 Å². The molecular formula is C24H48Y. The van der Waals surface area contributed by atoms with Crippen LogP contribution in [0.5, 0.6) is 0 Å². The van der Waals surface area contributed by atoms with Gasteiger partial charge in [0.15, 0.2) is 0 Å². The smallest absolute Gasteiger partial charge is 0 e. The standard InChI is InChI=1S/C23H44.CH4.Y/c1-20(2,3)13-14-22(7,8)23(9,10)19-17-12-11-16(15-17)18(19)21(4,5)6;;/h16-19H,11-15H2,1-10H3;1H4;. The van der Waals surface area contributed by atoms with Crippen LogP contribution in [0.25, 0.3) is 0 Å². The molecule has 2 bridgehead atoms. The zero-order valence-electron chi connectivity index (χ0n) is 18.4. The monoisotopic (exact) mass is 425 g/mol. The van der Waals surface area contributed by atoms with Crippen LogP contribution < -0.4 is 0 Å². The summed E-state index contributed by atoms with van der Waals surface area (Å²) in [5.74, 6) is 3.83. The molecule has 2 aliphatic rings. The van der Waals surface area contributed by atoms with Gasteiger partial charge in [-0.3, -0.25) is 0 Å². The molecule has 0 aromatic carbocycles. The summed E-state index contributed by atoms with van der Waals surface area (Å²) in [6, 6.07) is 0. The first-order valence-corrected chi connectivity index (χ1v) is 10.2. The molecule has 0 nitrogen and oxygen atoms in total. The van der Waals surface area contributed by atoms with Gasteiger partial charge in [-0.05, 0) is 77.4 Å². The molecule has 0 aromatic rings. The molecule has 0 heterocycles. The van der Waals surface area contributed by atoms with E-state index >= 15 is 0 Å². The summed E-state index contributed by atoms with van der Waals surface area (Å²) in [5.41, 5.74) is 1.75. The first-order chi connectivity index (χ1) is 10.2. The van der Waals surface area contributed by atoms with E-state index in [4.69, 9.17) is 0 Å². The topological polar surface area (TPSA) is 0 Å². The predicted octanol–water partition coefficient (Wildman–Crippen LogP) is 8.21. The number of hydrogen-bond acceptors (Lipinski definition) is 0. The molecule has 147 valence electrons. The molecular weight excluding hydrogens is 377 g/mol. The molecule has 0 amide bonds. The third-order valence-corrected chi connectivity index (χ3v) is 7.99. The summed E-state index contributed by atoms with van der Waals surface area (Å²) in [6.45, 7) is 25.0. The molecule has 0 aromatic heterocycles. The summed E-state index contributed by atoms with van der Waals surface area (Å²) in [4.78, 5) is 0. The van der Waals surface area contributed by atoms with Crippen LogP contribution in [-0.2, 0) is 32.7 Å². The van der Waals surface area contributed by atoms with Crippen molar-refractivity contribution >= 4 is 0 Å². The third-order valence-electron chi connectivity index (χ3n) is 7.99. The quantitative estimate of drug-likeness (QED) is 0.426. The second-order valence-corrected chi connectivity index (χ2v) is 12.4. The first-order valence-electron chi connectivity index (χ1n) is 10.2. The van der Waals surface area contributed by atoms with E-state index in [1.54, 1.807) is 0 Å². The van der Waals surface area contributed by atoms with E-state index in [0.717, 1.165) is 23.7 Å². The van der Waals surface area contributed by atoms with Crippen LogP contribution in [0.2, 0.25) is 0 Å². The van der Waals surface area contributed by atoms with Gasteiger partial charge in [0.05, 0.1) is 0 Å². The Balaban J connectivity index is 0.00000288. The maximum absolute atomic E-state index is 2.61. The summed E-state index contributed by atoms with van der Waals surface area (Å²) in [6.07, 6.45) is 7.21. The van der Waals surface area contributed by atoms with Crippen molar-refractivity contribution in [3.8, 4) is 0 Å². The average molecular weight is 426 g/mol. The van der Waals surface area contributed by atoms with Gasteiger partial charge in [0.2, 0.25) is 0 Å². The Morgan fingerprint density at radius 2 is 1.12 bits per heavy atom. The number of hydrogen-bond donors (Lipinski definition) is 0. The maximum Gasteiger partial charge on any atom is 0 e. The Morgan fingerprint density at radius 1 is 0.680 bits per heavy atom. The van der Waals surface area contributed by atoms with E-state index < -0.39 is 0 Å². The van der Waals surface area contributed by atoms with Gasteiger partial charge in [0.1, 0.15) is 0 Å². The van der Waals surface area contributed by atoms with Crippen LogP contribution >= 0.6 is 0 Å². The minimum Gasteiger partial charge on any atom is -0.0776 e. The third kappa shape index (κ3) is 5.34. The second kappa shape index (κ2) is 8.23. The van der Waals surface area contributed by atoms with Gasteiger partial charge < -0.3 is 0 Å². The van der Waals surface area contributed by atoms with E-state index in [9.17, 15) is 0 Å². The van der Waals surface area contributed by atoms with Crippen LogP contribution in [0.15, 0.2) is 0 Å². The van der Waals surface area contributed by atoms with Crippen molar-refractivity contribution in [1.29, 1.82) is 0 Å². The van der Waals surface area contributed by atoms with Crippen molar-refractivity contribution in [3.05, 3.63) is 0 Å². The van der Waals surface area contributed by atoms with Crippen molar-refractivity contribution in [1.82, 2.24) is 0 Å². The molecule has 4 atom stereocenters. The van der Waals surface area contributed by atoms with Crippen LogP contribution in [0.3, 0.4) is 0 Å². The molecule has 25 heavy (non-hydrogen) atoms. The molecule has 0 N–H and O–H groups in total. The Labute approximate surface area is 186 Å². The first kappa shape index (κ1) is 26.1. The molecule has 0 saturated heterocycles. The van der Waals surface area contributed by atoms with Gasteiger partial charge in [0.25, 0.3) is 0 Å². The van der Waals surface area contributed by atoms with Crippen LogP contribution in [-0.4, -0.2) is 0 Å². The van der Waals surface area contributed by atoms with E-state index in [2.05, 4.69) is 69.2 Å². The van der Waals surface area contributed by atoms with E-state index in [0.29, 0.717) is 21.7 Å². The Kier molecular flexibility index (Phi) is 8.59. The molecule has 2 saturated carbocycles. The Morgan fingerprint density at radius 3 is 1.52 bits per heavy atom. The van der Waals surface area contributed by atoms with Gasteiger partial charge in [-0.1, -0.05) is 76.7 Å². The molecule has 2 fully saturated rings. The fourth-order valence-corrected chi connectivity index (χ4v) is 6.04. The van der Waals surface area contributed by atoms with Crippen LogP contribution in [0.4, 0.5) is 0 Å². The van der Waals surface area contributed by atoms with Crippen molar-refractivity contribution in [2.24, 2.45) is 45.3 Å².